The quantitative estimate of drug-likeness (QED) is 0.159. The van der Waals surface area contributed by atoms with Gasteiger partial charge in [-0.25, -0.2) is 9.59 Å². The normalized spacial score (nSPS) is 21.4. The van der Waals surface area contributed by atoms with E-state index in [4.69, 9.17) is 49.0 Å². The highest BCUT2D eigenvalue weighted by molar-refractivity contribution is 8.13. The summed E-state index contributed by atoms with van der Waals surface area (Å²) in [5.41, 5.74) is 0.409. The van der Waals surface area contributed by atoms with Gasteiger partial charge in [0.25, 0.3) is 11.8 Å². The Bertz CT molecular complexity index is 1150. The predicted octanol–water partition coefficient (Wildman–Crippen LogP) is 4.63. The van der Waals surface area contributed by atoms with E-state index >= 15 is 0 Å². The molecule has 0 radical (unpaired) electrons. The number of ether oxygens (including phenoxy) is 3. The van der Waals surface area contributed by atoms with Crippen molar-refractivity contribution in [2.45, 2.75) is 54.2 Å². The van der Waals surface area contributed by atoms with E-state index in [0.717, 1.165) is 37.0 Å². The zero-order chi connectivity index (χ0) is 29.6. The maximum atomic E-state index is 13.5. The molecule has 2 heterocycles. The van der Waals surface area contributed by atoms with Crippen LogP contribution in [0.15, 0.2) is 41.7 Å². The Morgan fingerprint density at radius 1 is 1.05 bits per heavy atom. The lowest BCUT2D eigenvalue weighted by molar-refractivity contribution is -0.153. The van der Waals surface area contributed by atoms with E-state index in [1.54, 1.807) is 31.2 Å². The van der Waals surface area contributed by atoms with Crippen LogP contribution in [0.4, 0.5) is 4.79 Å². The molecule has 1 aliphatic carbocycles. The molecule has 0 bridgehead atoms. The molecule has 1 aromatic carbocycles. The number of β-lactam (4-membered cyclic amide) rings is 1. The summed E-state index contributed by atoms with van der Waals surface area (Å²) in [5.74, 6) is -1.23. The third kappa shape index (κ3) is 9.07. The smallest absolute Gasteiger partial charge is 0.369 e. The lowest BCUT2D eigenvalue weighted by Gasteiger charge is -2.47. The van der Waals surface area contributed by atoms with Gasteiger partial charge in [-0.3, -0.25) is 14.5 Å². The van der Waals surface area contributed by atoms with Gasteiger partial charge in [0.1, 0.15) is 29.5 Å². The molecule has 2 unspecified atom stereocenters. The summed E-state index contributed by atoms with van der Waals surface area (Å²) in [4.78, 5) is 55.6. The van der Waals surface area contributed by atoms with E-state index in [1.165, 1.54) is 0 Å². The van der Waals surface area contributed by atoms with Crippen LogP contribution in [0, 0.1) is 5.92 Å². The highest BCUT2D eigenvalue weighted by atomic mass is 35.6. The Hall–Kier alpha value is -2.34. The average Bonchev–Trinajstić information content (AvgIpc) is 3.79. The van der Waals surface area contributed by atoms with Crippen LogP contribution in [0.25, 0.3) is 0 Å². The van der Waals surface area contributed by atoms with E-state index in [1.807, 2.05) is 11.0 Å². The number of nitrogens with one attached hydrogen (secondary N) is 1. The largest absolute Gasteiger partial charge is 0.484 e. The maximum absolute atomic E-state index is 13.5. The predicted molar refractivity (Wildman–Crippen MR) is 156 cm³/mol. The fourth-order valence-electron chi connectivity index (χ4n) is 4.45. The SMILES string of the molecule is C/C(=C(\C(=O)OCC(Cl)(Cl)Cl)N1C(=O)C(NC(=O)COc2ccccc2)C1SC(=O)OCC1CC1)N1CCCCC1. The van der Waals surface area contributed by atoms with Gasteiger partial charge in [-0.2, -0.15) is 0 Å². The molecule has 3 aliphatic rings. The minimum atomic E-state index is -1.87. The minimum absolute atomic E-state index is 0.0790. The van der Waals surface area contributed by atoms with Gasteiger partial charge in [-0.05, 0) is 68.8 Å². The van der Waals surface area contributed by atoms with Crippen LogP contribution in [0.5, 0.6) is 5.75 Å². The number of benzene rings is 1. The van der Waals surface area contributed by atoms with E-state index in [9.17, 15) is 19.2 Å². The van der Waals surface area contributed by atoms with Gasteiger partial charge in [0.15, 0.2) is 6.61 Å². The molecule has 2 amide bonds. The third-order valence-corrected chi connectivity index (χ3v) is 8.16. The number of halogens is 3. The molecule has 1 aromatic rings. The number of rotatable bonds is 11. The Balaban J connectivity index is 1.55. The number of esters is 1. The molecule has 1 N–H and O–H groups in total. The Labute approximate surface area is 257 Å². The fraction of sp³-hybridized carbons (Fsp3) is 0.556. The molecule has 2 atom stereocenters. The summed E-state index contributed by atoms with van der Waals surface area (Å²) < 4.78 is 14.3. The summed E-state index contributed by atoms with van der Waals surface area (Å²) in [6.07, 6.45) is 4.84. The minimum Gasteiger partial charge on any atom is -0.484 e. The number of carbonyl (C=O) groups is 4. The number of carbonyl (C=O) groups excluding carboxylic acids is 4. The van der Waals surface area contributed by atoms with Gasteiger partial charge in [-0.1, -0.05) is 53.0 Å². The average molecular weight is 649 g/mol. The standard InChI is InChI=1S/C27H32Cl3N3O7S/c1-17(32-12-6-3-7-13-32)22(25(36)40-16-27(28,29)30)33-23(35)21(24(33)41-26(37)39-14-18-10-11-18)31-20(34)15-38-19-8-4-2-5-9-19/h2,4-5,8-9,18,21,24H,3,6-7,10-16H2,1H3,(H,31,34)/b22-17-. The van der Waals surface area contributed by atoms with Crippen molar-refractivity contribution in [2.75, 3.05) is 32.9 Å². The van der Waals surface area contributed by atoms with Gasteiger partial charge >= 0.3 is 11.3 Å². The number of hydrogen-bond acceptors (Lipinski definition) is 9. The third-order valence-electron chi connectivity index (χ3n) is 6.80. The number of thioether (sulfide) groups is 1. The van der Waals surface area contributed by atoms with Gasteiger partial charge in [0.2, 0.25) is 3.79 Å². The first-order valence-electron chi connectivity index (χ1n) is 13.4. The fourth-order valence-corrected chi connectivity index (χ4v) is 5.59. The second-order valence-electron chi connectivity index (χ2n) is 10.0. The first-order chi connectivity index (χ1) is 19.5. The second kappa shape index (κ2) is 14.2. The lowest BCUT2D eigenvalue weighted by atomic mass is 10.0. The van der Waals surface area contributed by atoms with Gasteiger partial charge in [0, 0.05) is 18.8 Å². The number of likely N-dealkylation sites (tertiary alicyclic amines) is 2. The van der Waals surface area contributed by atoms with E-state index in [2.05, 4.69) is 5.32 Å². The molecular weight excluding hydrogens is 617 g/mol. The van der Waals surface area contributed by atoms with Gasteiger partial charge < -0.3 is 24.4 Å². The van der Waals surface area contributed by atoms with Crippen LogP contribution in [-0.4, -0.2) is 81.0 Å². The van der Waals surface area contributed by atoms with Gasteiger partial charge in [0.05, 0.1) is 6.61 Å². The van der Waals surface area contributed by atoms with E-state index < -0.39 is 44.9 Å². The van der Waals surface area contributed by atoms with Crippen molar-refractivity contribution in [3.05, 3.63) is 41.7 Å². The summed E-state index contributed by atoms with van der Waals surface area (Å²) in [7, 11) is 0. The van der Waals surface area contributed by atoms with Crippen LogP contribution in [0.2, 0.25) is 0 Å². The number of hydrogen-bond donors (Lipinski definition) is 1. The summed E-state index contributed by atoms with van der Waals surface area (Å²) in [6.45, 7) is 2.43. The number of nitrogens with zero attached hydrogens (tertiary/aromatic N) is 2. The Morgan fingerprint density at radius 2 is 1.73 bits per heavy atom. The highest BCUT2D eigenvalue weighted by Crippen LogP contribution is 2.38. The topological polar surface area (TPSA) is 114 Å². The molecule has 2 saturated heterocycles. The maximum Gasteiger partial charge on any atom is 0.369 e. The zero-order valence-electron chi connectivity index (χ0n) is 22.5. The van der Waals surface area contributed by atoms with E-state index in [0.29, 0.717) is 42.2 Å². The van der Waals surface area contributed by atoms with Crippen LogP contribution in [0.3, 0.4) is 0 Å². The number of amides is 2. The molecule has 14 heteroatoms. The van der Waals surface area contributed by atoms with Crippen LogP contribution in [0.1, 0.15) is 39.0 Å². The molecular formula is C27H32Cl3N3O7S. The van der Waals surface area contributed by atoms with Crippen molar-refractivity contribution >= 4 is 69.6 Å². The number of piperidine rings is 1. The van der Waals surface area contributed by atoms with Gasteiger partial charge in [-0.15, -0.1) is 0 Å². The molecule has 41 heavy (non-hydrogen) atoms. The first-order valence-corrected chi connectivity index (χ1v) is 15.4. The Morgan fingerprint density at radius 3 is 2.37 bits per heavy atom. The molecule has 4 rings (SSSR count). The Kier molecular flexibility index (Phi) is 11.0. The zero-order valence-corrected chi connectivity index (χ0v) is 25.6. The summed E-state index contributed by atoms with van der Waals surface area (Å²) in [5, 5.41) is 1.03. The second-order valence-corrected chi connectivity index (χ2v) is 13.6. The monoisotopic (exact) mass is 647 g/mol. The summed E-state index contributed by atoms with van der Waals surface area (Å²) in [6, 6.07) is 7.61. The van der Waals surface area contributed by atoms with Crippen molar-refractivity contribution in [2.24, 2.45) is 5.92 Å². The first kappa shape index (κ1) is 31.6. The van der Waals surface area contributed by atoms with Crippen LogP contribution >= 0.6 is 46.6 Å². The number of alkyl halides is 3. The van der Waals surface area contributed by atoms with Crippen LogP contribution < -0.4 is 10.1 Å². The number of allylic oxidation sites excluding steroid dienone is 1. The number of para-hydroxylation sites is 1. The van der Waals surface area contributed by atoms with Crippen molar-refractivity contribution < 1.29 is 33.4 Å². The molecule has 0 spiro atoms. The molecule has 1 saturated carbocycles. The molecule has 224 valence electrons. The molecule has 3 fully saturated rings. The van der Waals surface area contributed by atoms with E-state index in [-0.39, 0.29) is 18.9 Å². The van der Waals surface area contributed by atoms with Crippen molar-refractivity contribution in [3.63, 3.8) is 0 Å². The molecule has 2 aliphatic heterocycles. The van der Waals surface area contributed by atoms with Crippen LogP contribution in [-0.2, 0) is 23.9 Å². The molecule has 0 aromatic heterocycles. The summed E-state index contributed by atoms with van der Waals surface area (Å²) >= 11 is 18.1. The lowest BCUT2D eigenvalue weighted by Crippen LogP contribution is -2.70. The molecule has 10 nitrogen and oxygen atoms in total. The van der Waals surface area contributed by atoms with Crippen molar-refractivity contribution in [1.29, 1.82) is 0 Å². The van der Waals surface area contributed by atoms with Crippen molar-refractivity contribution in [3.8, 4) is 5.75 Å². The highest BCUT2D eigenvalue weighted by Gasteiger charge is 2.54. The van der Waals surface area contributed by atoms with Crippen molar-refractivity contribution in [1.82, 2.24) is 15.1 Å².